The van der Waals surface area contributed by atoms with Crippen LogP contribution in [0.15, 0.2) is 45.9 Å². The molecule has 0 aliphatic carbocycles. The summed E-state index contributed by atoms with van der Waals surface area (Å²) in [6.07, 6.45) is 0. The van der Waals surface area contributed by atoms with Crippen LogP contribution in [0, 0.1) is 10.1 Å². The predicted molar refractivity (Wildman–Crippen MR) is 71.1 cm³/mol. The van der Waals surface area contributed by atoms with Gasteiger partial charge in [-0.05, 0) is 18.2 Å². The first-order valence-corrected chi connectivity index (χ1v) is 7.00. The third-order valence-electron chi connectivity index (χ3n) is 2.40. The van der Waals surface area contributed by atoms with E-state index in [9.17, 15) is 23.3 Å². The maximum absolute atomic E-state index is 11.8. The molecule has 0 radical (unpaired) electrons. The van der Waals surface area contributed by atoms with E-state index in [1.54, 1.807) is 0 Å². The van der Waals surface area contributed by atoms with E-state index in [2.05, 4.69) is 5.32 Å². The summed E-state index contributed by atoms with van der Waals surface area (Å²) in [7, 11) is -4.04. The molecule has 1 aromatic carbocycles. The van der Waals surface area contributed by atoms with E-state index in [-0.39, 0.29) is 17.1 Å². The Labute approximate surface area is 118 Å². The monoisotopic (exact) mass is 311 g/mol. The van der Waals surface area contributed by atoms with Crippen LogP contribution >= 0.6 is 0 Å². The highest BCUT2D eigenvalue weighted by molar-refractivity contribution is 7.89. The van der Waals surface area contributed by atoms with Gasteiger partial charge in [0.25, 0.3) is 21.6 Å². The van der Waals surface area contributed by atoms with Crippen molar-refractivity contribution >= 4 is 27.3 Å². The molecule has 1 heterocycles. The van der Waals surface area contributed by atoms with E-state index in [4.69, 9.17) is 9.56 Å². The minimum atomic E-state index is -4.04. The molecule has 21 heavy (non-hydrogen) atoms. The molecule has 110 valence electrons. The number of primary sulfonamides is 1. The number of non-ortho nitro benzene ring substituents is 1. The molecule has 0 spiro atoms. The zero-order valence-electron chi connectivity index (χ0n) is 10.3. The van der Waals surface area contributed by atoms with Gasteiger partial charge in [-0.1, -0.05) is 6.07 Å². The lowest BCUT2D eigenvalue weighted by Crippen LogP contribution is -2.12. The van der Waals surface area contributed by atoms with Crippen molar-refractivity contribution in [3.63, 3.8) is 0 Å². The first-order valence-electron chi connectivity index (χ1n) is 5.46. The Bertz CT molecular complexity index is 811. The topological polar surface area (TPSA) is 146 Å². The number of anilines is 1. The summed E-state index contributed by atoms with van der Waals surface area (Å²) in [5, 5.41) is 17.3. The molecule has 0 aliphatic heterocycles. The van der Waals surface area contributed by atoms with Crippen molar-refractivity contribution in [1.29, 1.82) is 0 Å². The molecule has 1 amide bonds. The van der Waals surface area contributed by atoms with Crippen LogP contribution in [0.1, 0.15) is 10.6 Å². The number of benzene rings is 1. The molecular formula is C11H9N3O6S. The Kier molecular flexibility index (Phi) is 3.74. The number of amides is 1. The van der Waals surface area contributed by atoms with Crippen molar-refractivity contribution in [3.05, 3.63) is 52.3 Å². The number of sulfonamides is 1. The largest absolute Gasteiger partial charge is 0.438 e. The van der Waals surface area contributed by atoms with Crippen molar-refractivity contribution in [3.8, 4) is 0 Å². The number of hydrogen-bond donors (Lipinski definition) is 2. The van der Waals surface area contributed by atoms with Gasteiger partial charge in [-0.15, -0.1) is 0 Å². The van der Waals surface area contributed by atoms with Gasteiger partial charge < -0.3 is 9.73 Å². The predicted octanol–water partition coefficient (Wildman–Crippen LogP) is 1.09. The molecule has 0 atom stereocenters. The highest BCUT2D eigenvalue weighted by Crippen LogP contribution is 2.19. The molecular weight excluding hydrogens is 302 g/mol. The number of nitrogens with zero attached hydrogens (tertiary/aromatic N) is 1. The van der Waals surface area contributed by atoms with E-state index >= 15 is 0 Å². The molecule has 2 aromatic rings. The van der Waals surface area contributed by atoms with Gasteiger partial charge in [0.05, 0.1) is 4.92 Å². The summed E-state index contributed by atoms with van der Waals surface area (Å²) in [6, 6.07) is 7.42. The van der Waals surface area contributed by atoms with Crippen molar-refractivity contribution < 1.29 is 22.6 Å². The van der Waals surface area contributed by atoms with E-state index in [1.165, 1.54) is 18.2 Å². The number of nitrogens with two attached hydrogens (primary N) is 1. The highest BCUT2D eigenvalue weighted by atomic mass is 32.2. The molecule has 0 bridgehead atoms. The molecule has 0 aliphatic rings. The van der Waals surface area contributed by atoms with Gasteiger partial charge in [-0.2, -0.15) is 0 Å². The fourth-order valence-electron chi connectivity index (χ4n) is 1.49. The van der Waals surface area contributed by atoms with E-state index < -0.39 is 25.9 Å². The van der Waals surface area contributed by atoms with E-state index in [1.807, 2.05) is 0 Å². The Balaban J connectivity index is 2.20. The van der Waals surface area contributed by atoms with E-state index in [0.29, 0.717) is 0 Å². The fourth-order valence-corrected chi connectivity index (χ4v) is 1.95. The summed E-state index contributed by atoms with van der Waals surface area (Å²) >= 11 is 0. The molecule has 0 unspecified atom stereocenters. The van der Waals surface area contributed by atoms with Crippen LogP contribution in [0.3, 0.4) is 0 Å². The summed E-state index contributed by atoms with van der Waals surface area (Å²) in [5.74, 6) is -1.05. The van der Waals surface area contributed by atoms with Gasteiger partial charge in [0.1, 0.15) is 0 Å². The van der Waals surface area contributed by atoms with Crippen LogP contribution in [-0.2, 0) is 10.0 Å². The molecule has 0 saturated heterocycles. The minimum absolute atomic E-state index is 0.169. The third kappa shape index (κ3) is 3.43. The quantitative estimate of drug-likeness (QED) is 0.638. The van der Waals surface area contributed by atoms with Crippen LogP contribution in [0.25, 0.3) is 0 Å². The smallest absolute Gasteiger partial charge is 0.291 e. The van der Waals surface area contributed by atoms with E-state index in [0.717, 1.165) is 18.2 Å². The Hall–Kier alpha value is -2.72. The number of hydrogen-bond acceptors (Lipinski definition) is 6. The number of furan rings is 1. The van der Waals surface area contributed by atoms with Gasteiger partial charge in [0, 0.05) is 17.8 Å². The van der Waals surface area contributed by atoms with Crippen LogP contribution in [0.5, 0.6) is 0 Å². The minimum Gasteiger partial charge on any atom is -0.438 e. The first-order chi connectivity index (χ1) is 9.77. The maximum atomic E-state index is 11.8. The summed E-state index contributed by atoms with van der Waals surface area (Å²) in [5.41, 5.74) is -0.0276. The second-order valence-corrected chi connectivity index (χ2v) is 5.42. The van der Waals surface area contributed by atoms with Gasteiger partial charge in [0.15, 0.2) is 5.76 Å². The molecule has 9 nitrogen and oxygen atoms in total. The molecule has 0 saturated carbocycles. The average Bonchev–Trinajstić information content (AvgIpc) is 2.88. The van der Waals surface area contributed by atoms with Gasteiger partial charge in [0.2, 0.25) is 5.09 Å². The van der Waals surface area contributed by atoms with Crippen LogP contribution in [-0.4, -0.2) is 19.2 Å². The van der Waals surface area contributed by atoms with Crippen LogP contribution < -0.4 is 10.5 Å². The van der Waals surface area contributed by atoms with Gasteiger partial charge >= 0.3 is 0 Å². The lowest BCUT2D eigenvalue weighted by Gasteiger charge is -2.02. The number of nitro benzene ring substituents is 1. The summed E-state index contributed by atoms with van der Waals surface area (Å²) < 4.78 is 26.8. The lowest BCUT2D eigenvalue weighted by molar-refractivity contribution is -0.384. The highest BCUT2D eigenvalue weighted by Gasteiger charge is 2.18. The summed E-state index contributed by atoms with van der Waals surface area (Å²) in [6.45, 7) is 0. The maximum Gasteiger partial charge on any atom is 0.291 e. The lowest BCUT2D eigenvalue weighted by atomic mass is 10.2. The molecule has 10 heteroatoms. The zero-order chi connectivity index (χ0) is 15.6. The molecule has 3 N–H and O–H groups in total. The Morgan fingerprint density at radius 3 is 2.57 bits per heavy atom. The number of carbonyl (C=O) groups excluding carboxylic acids is 1. The second-order valence-electron chi connectivity index (χ2n) is 3.93. The summed E-state index contributed by atoms with van der Waals surface area (Å²) in [4.78, 5) is 21.8. The van der Waals surface area contributed by atoms with Gasteiger partial charge in [-0.25, -0.2) is 13.6 Å². The zero-order valence-corrected chi connectivity index (χ0v) is 11.2. The van der Waals surface area contributed by atoms with Crippen LogP contribution in [0.2, 0.25) is 0 Å². The third-order valence-corrected chi connectivity index (χ3v) is 3.18. The molecule has 0 fully saturated rings. The fraction of sp³-hybridized carbons (Fsp3) is 0. The standard InChI is InChI=1S/C11H9N3O6S/c12-21(18,19)10-5-4-9(20-10)11(15)13-7-2-1-3-8(6-7)14(16)17/h1-6H,(H,13,15)(H2,12,18,19). The van der Waals surface area contributed by atoms with Crippen molar-refractivity contribution in [2.45, 2.75) is 5.09 Å². The average molecular weight is 311 g/mol. The Morgan fingerprint density at radius 1 is 1.29 bits per heavy atom. The van der Waals surface area contributed by atoms with Crippen molar-refractivity contribution in [2.24, 2.45) is 5.14 Å². The normalized spacial score (nSPS) is 11.1. The number of carbonyl (C=O) groups is 1. The molecule has 2 rings (SSSR count). The van der Waals surface area contributed by atoms with Crippen LogP contribution in [0.4, 0.5) is 11.4 Å². The number of nitrogens with one attached hydrogen (secondary N) is 1. The number of rotatable bonds is 4. The SMILES string of the molecule is NS(=O)(=O)c1ccc(C(=O)Nc2cccc([N+](=O)[O-])c2)o1. The first kappa shape index (κ1) is 14.7. The van der Waals surface area contributed by atoms with Gasteiger partial charge in [-0.3, -0.25) is 14.9 Å². The number of nitro groups is 1. The second kappa shape index (κ2) is 5.34. The molecule has 1 aromatic heterocycles. The Morgan fingerprint density at radius 2 is 2.00 bits per heavy atom. The van der Waals surface area contributed by atoms with Crippen molar-refractivity contribution in [2.75, 3.05) is 5.32 Å². The van der Waals surface area contributed by atoms with Crippen molar-refractivity contribution in [1.82, 2.24) is 0 Å².